The second-order valence-electron chi connectivity index (χ2n) is 11.9. The predicted molar refractivity (Wildman–Crippen MR) is 165 cm³/mol. The number of rotatable bonds is 13. The normalized spacial score (nSPS) is 20.9. The summed E-state index contributed by atoms with van der Waals surface area (Å²) in [5.74, 6) is 3.46. The third-order valence-electron chi connectivity index (χ3n) is 8.80. The molecule has 230 valence electrons. The summed E-state index contributed by atoms with van der Waals surface area (Å²) < 4.78 is 40.9. The largest absolute Gasteiger partial charge is 0.496 e. The Morgan fingerprint density at radius 2 is 1.67 bits per heavy atom. The smallest absolute Gasteiger partial charge is 0.325 e. The van der Waals surface area contributed by atoms with Crippen molar-refractivity contribution in [2.24, 2.45) is 5.92 Å². The van der Waals surface area contributed by atoms with Crippen LogP contribution in [-0.4, -0.2) is 88.8 Å². The van der Waals surface area contributed by atoms with Crippen molar-refractivity contribution in [1.82, 2.24) is 9.80 Å². The minimum absolute atomic E-state index is 0.0372. The van der Waals surface area contributed by atoms with Crippen LogP contribution in [0.1, 0.15) is 50.2 Å². The van der Waals surface area contributed by atoms with Crippen LogP contribution < -0.4 is 19.1 Å². The number of benzene rings is 2. The Kier molecular flexibility index (Phi) is 9.83. The zero-order chi connectivity index (χ0) is 29.7. The van der Waals surface area contributed by atoms with E-state index in [4.69, 9.17) is 14.2 Å². The zero-order valence-corrected chi connectivity index (χ0v) is 26.0. The zero-order valence-electron chi connectivity index (χ0n) is 25.2. The van der Waals surface area contributed by atoms with Gasteiger partial charge in [-0.05, 0) is 62.3 Å². The van der Waals surface area contributed by atoms with E-state index in [1.54, 1.807) is 14.2 Å². The molecule has 3 fully saturated rings. The lowest BCUT2D eigenvalue weighted by Gasteiger charge is -2.40. The number of anilines is 1. The summed E-state index contributed by atoms with van der Waals surface area (Å²) >= 11 is 0. The molecule has 0 spiro atoms. The first-order chi connectivity index (χ1) is 20.3. The van der Waals surface area contributed by atoms with E-state index in [9.17, 15) is 13.2 Å². The third kappa shape index (κ3) is 7.69. The van der Waals surface area contributed by atoms with E-state index >= 15 is 0 Å². The van der Waals surface area contributed by atoms with Gasteiger partial charge in [-0.15, -0.1) is 0 Å². The van der Waals surface area contributed by atoms with E-state index in [2.05, 4.69) is 24.0 Å². The molecular formula is C32H45N3O6S. The molecule has 5 rings (SSSR count). The van der Waals surface area contributed by atoms with Crippen molar-refractivity contribution in [3.05, 3.63) is 47.5 Å². The van der Waals surface area contributed by atoms with Crippen LogP contribution in [0, 0.1) is 5.92 Å². The standard InChI is InChI=1S/C32H45N3O6S/c1-24-12-15-34(28-10-11-29(39-2)31(22-28)41-18-4-5-25-6-7-25)32(36)35(24)23-27-9-8-26(21-30(27)40-3)13-14-33-16-19-42(37,38)20-17-33/h8-11,21-22,24-25H,4-7,12-20,23H2,1-3H3/t24-/m0/s1. The Morgan fingerprint density at radius 1 is 0.905 bits per heavy atom. The summed E-state index contributed by atoms with van der Waals surface area (Å²) in [6, 6.07) is 12.0. The number of carbonyl (C=O) groups excluding carboxylic acids is 1. The molecule has 0 bridgehead atoms. The first-order valence-corrected chi connectivity index (χ1v) is 17.1. The van der Waals surface area contributed by atoms with E-state index in [0.29, 0.717) is 44.3 Å². The molecule has 10 heteroatoms. The first kappa shape index (κ1) is 30.5. The van der Waals surface area contributed by atoms with Gasteiger partial charge in [-0.1, -0.05) is 25.0 Å². The molecule has 1 saturated carbocycles. The Bertz CT molecular complexity index is 1330. The molecule has 0 aromatic heterocycles. The lowest BCUT2D eigenvalue weighted by atomic mass is 10.0. The van der Waals surface area contributed by atoms with Crippen molar-refractivity contribution in [3.8, 4) is 17.2 Å². The fraction of sp³-hybridized carbons (Fsp3) is 0.594. The number of hydrogen-bond acceptors (Lipinski definition) is 7. The summed E-state index contributed by atoms with van der Waals surface area (Å²) in [6.07, 6.45) is 6.57. The van der Waals surface area contributed by atoms with Gasteiger partial charge in [0, 0.05) is 49.5 Å². The van der Waals surface area contributed by atoms with E-state index < -0.39 is 9.84 Å². The fourth-order valence-electron chi connectivity index (χ4n) is 5.80. The quantitative estimate of drug-likeness (QED) is 0.307. The topological polar surface area (TPSA) is 88.6 Å². The lowest BCUT2D eigenvalue weighted by Crippen LogP contribution is -2.53. The fourth-order valence-corrected chi connectivity index (χ4v) is 7.08. The highest BCUT2D eigenvalue weighted by molar-refractivity contribution is 7.91. The van der Waals surface area contributed by atoms with Crippen LogP contribution in [0.2, 0.25) is 0 Å². The Hall–Kier alpha value is -2.98. The van der Waals surface area contributed by atoms with Crippen LogP contribution in [0.3, 0.4) is 0 Å². The molecule has 0 unspecified atom stereocenters. The van der Waals surface area contributed by atoms with Gasteiger partial charge in [0.05, 0.1) is 38.9 Å². The molecular weight excluding hydrogens is 554 g/mol. The third-order valence-corrected chi connectivity index (χ3v) is 10.4. The second-order valence-corrected chi connectivity index (χ2v) is 14.2. The molecule has 0 radical (unpaired) electrons. The molecule has 3 aliphatic rings. The molecule has 2 aromatic rings. The number of sulfone groups is 1. The van der Waals surface area contributed by atoms with Crippen molar-refractivity contribution < 1.29 is 27.4 Å². The molecule has 2 saturated heterocycles. The molecule has 2 amide bonds. The Balaban J connectivity index is 1.23. The van der Waals surface area contributed by atoms with Gasteiger partial charge in [0.15, 0.2) is 21.3 Å². The van der Waals surface area contributed by atoms with Crippen molar-refractivity contribution >= 4 is 21.6 Å². The summed E-state index contributed by atoms with van der Waals surface area (Å²) in [4.78, 5) is 19.8. The lowest BCUT2D eigenvalue weighted by molar-refractivity contribution is 0.165. The molecule has 9 nitrogen and oxygen atoms in total. The summed E-state index contributed by atoms with van der Waals surface area (Å²) in [5.41, 5.74) is 2.90. The monoisotopic (exact) mass is 599 g/mol. The Labute approximate surface area is 250 Å². The second kappa shape index (κ2) is 13.5. The van der Waals surface area contributed by atoms with Gasteiger partial charge in [-0.2, -0.15) is 0 Å². The van der Waals surface area contributed by atoms with Crippen LogP contribution in [0.4, 0.5) is 10.5 Å². The maximum Gasteiger partial charge on any atom is 0.325 e. The van der Waals surface area contributed by atoms with Crippen LogP contribution in [0.5, 0.6) is 17.2 Å². The van der Waals surface area contributed by atoms with Crippen molar-refractivity contribution in [2.45, 2.75) is 58.0 Å². The molecule has 1 atom stereocenters. The maximum atomic E-state index is 13.8. The number of ether oxygens (including phenoxy) is 3. The maximum absolute atomic E-state index is 13.8. The van der Waals surface area contributed by atoms with Crippen molar-refractivity contribution in [3.63, 3.8) is 0 Å². The van der Waals surface area contributed by atoms with E-state index in [-0.39, 0.29) is 23.6 Å². The van der Waals surface area contributed by atoms with Crippen LogP contribution in [0.15, 0.2) is 36.4 Å². The number of hydrogen-bond donors (Lipinski definition) is 0. The van der Waals surface area contributed by atoms with Gasteiger partial charge in [0.25, 0.3) is 0 Å². The molecule has 0 N–H and O–H groups in total. The minimum atomic E-state index is -2.88. The van der Waals surface area contributed by atoms with E-state index in [1.807, 2.05) is 34.1 Å². The van der Waals surface area contributed by atoms with Crippen molar-refractivity contribution in [2.75, 3.05) is 63.4 Å². The van der Waals surface area contributed by atoms with Crippen LogP contribution in [-0.2, 0) is 22.8 Å². The van der Waals surface area contributed by atoms with Gasteiger partial charge < -0.3 is 24.0 Å². The first-order valence-electron chi connectivity index (χ1n) is 15.2. The average molecular weight is 600 g/mol. The summed E-state index contributed by atoms with van der Waals surface area (Å²) in [5, 5.41) is 0. The summed E-state index contributed by atoms with van der Waals surface area (Å²) in [6.45, 7) is 5.81. The van der Waals surface area contributed by atoms with Gasteiger partial charge in [-0.25, -0.2) is 13.2 Å². The highest BCUT2D eigenvalue weighted by Gasteiger charge is 2.33. The van der Waals surface area contributed by atoms with Gasteiger partial charge in [0.2, 0.25) is 0 Å². The van der Waals surface area contributed by atoms with Gasteiger partial charge >= 0.3 is 6.03 Å². The number of amides is 2. The highest BCUT2D eigenvalue weighted by atomic mass is 32.2. The van der Waals surface area contributed by atoms with E-state index in [0.717, 1.165) is 54.3 Å². The van der Waals surface area contributed by atoms with Crippen LogP contribution in [0.25, 0.3) is 0 Å². The Morgan fingerprint density at radius 3 is 2.38 bits per heavy atom. The molecule has 1 aliphatic carbocycles. The average Bonchev–Trinajstić information content (AvgIpc) is 3.82. The molecule has 2 aromatic carbocycles. The number of carbonyl (C=O) groups is 1. The van der Waals surface area contributed by atoms with Crippen molar-refractivity contribution in [1.29, 1.82) is 0 Å². The van der Waals surface area contributed by atoms with Crippen LogP contribution >= 0.6 is 0 Å². The SMILES string of the molecule is COc1cc(CCN2CCS(=O)(=O)CC2)ccc1CN1C(=O)N(c2ccc(OC)c(OCCCC3CC3)c2)CC[C@@H]1C. The number of urea groups is 1. The summed E-state index contributed by atoms with van der Waals surface area (Å²) in [7, 11) is 0.421. The van der Waals surface area contributed by atoms with Gasteiger partial charge in [0.1, 0.15) is 5.75 Å². The molecule has 2 aliphatic heterocycles. The minimum Gasteiger partial charge on any atom is -0.496 e. The number of nitrogens with zero attached hydrogens (tertiary/aromatic N) is 3. The van der Waals surface area contributed by atoms with Gasteiger partial charge in [-0.3, -0.25) is 4.90 Å². The highest BCUT2D eigenvalue weighted by Crippen LogP contribution is 2.36. The predicted octanol–water partition coefficient (Wildman–Crippen LogP) is 4.77. The number of methoxy groups -OCH3 is 2. The molecule has 42 heavy (non-hydrogen) atoms. The molecule has 2 heterocycles. The van der Waals surface area contributed by atoms with E-state index in [1.165, 1.54) is 19.3 Å².